The summed E-state index contributed by atoms with van der Waals surface area (Å²) in [6.45, 7) is 1.49. The number of primary amides is 1. The molecular formula is C26H31N3O5. The maximum Gasteiger partial charge on any atom is 0.255 e. The van der Waals surface area contributed by atoms with E-state index in [-0.39, 0.29) is 28.4 Å². The summed E-state index contributed by atoms with van der Waals surface area (Å²) in [5.41, 5.74) is 6.50. The Morgan fingerprint density at radius 2 is 1.91 bits per heavy atom. The van der Waals surface area contributed by atoms with Crippen LogP contribution in [-0.2, 0) is 34.0 Å². The number of nitrogens with two attached hydrogens (primary N) is 1. The molecule has 2 aromatic carbocycles. The molecule has 1 fully saturated rings. The minimum absolute atomic E-state index is 0.0197. The van der Waals surface area contributed by atoms with Crippen LogP contribution < -0.4 is 10.5 Å². The molecule has 0 radical (unpaired) electrons. The van der Waals surface area contributed by atoms with E-state index in [0.29, 0.717) is 13.2 Å². The highest BCUT2D eigenvalue weighted by molar-refractivity contribution is 6.01. The zero-order valence-electron chi connectivity index (χ0n) is 25.8. The minimum atomic E-state index is -3.74. The molecule has 0 spiro atoms. The van der Waals surface area contributed by atoms with E-state index in [4.69, 9.17) is 24.8 Å². The van der Waals surface area contributed by atoms with E-state index in [1.807, 2.05) is 24.3 Å². The SMILES string of the molecule is [2H]C1([2H])c2c(OCc3ccc(CN4CCOCC4)cc3)cccc2C(=O)N1[C@]([2H])(C(N)=O)C([2H])([2H])C([2H])([2H])C(C)=O. The van der Waals surface area contributed by atoms with Gasteiger partial charge in [-0.2, -0.15) is 0 Å². The fourth-order valence-electron chi connectivity index (χ4n) is 3.68. The van der Waals surface area contributed by atoms with E-state index in [0.717, 1.165) is 37.7 Å². The zero-order chi connectivity index (χ0) is 30.4. The summed E-state index contributed by atoms with van der Waals surface area (Å²) in [5.74, 6) is -4.59. The molecule has 0 unspecified atom stereocenters. The Morgan fingerprint density at radius 3 is 2.59 bits per heavy atom. The number of ketones is 1. The van der Waals surface area contributed by atoms with Crippen LogP contribution in [0.4, 0.5) is 0 Å². The number of nitrogens with zero attached hydrogens (tertiary/aromatic N) is 2. The van der Waals surface area contributed by atoms with Crippen molar-refractivity contribution in [2.45, 2.75) is 45.3 Å². The Bertz CT molecular complexity index is 1350. The fourth-order valence-corrected chi connectivity index (χ4v) is 3.68. The number of rotatable bonds is 10. The van der Waals surface area contributed by atoms with Gasteiger partial charge in [0.2, 0.25) is 5.91 Å². The third-order valence-corrected chi connectivity index (χ3v) is 5.42. The topological polar surface area (TPSA) is 102 Å². The van der Waals surface area contributed by atoms with Gasteiger partial charge in [-0.3, -0.25) is 14.5 Å². The molecule has 0 aromatic heterocycles. The van der Waals surface area contributed by atoms with Gasteiger partial charge in [0.15, 0.2) is 0 Å². The van der Waals surface area contributed by atoms with Crippen LogP contribution in [0.5, 0.6) is 5.75 Å². The molecular weight excluding hydrogens is 434 g/mol. The Hall–Kier alpha value is -3.23. The van der Waals surface area contributed by atoms with Crippen LogP contribution in [0.2, 0.25) is 0 Å². The Labute approximate surface area is 209 Å². The number of ether oxygens (including phenoxy) is 2. The van der Waals surface area contributed by atoms with E-state index < -0.39 is 42.9 Å². The number of amides is 2. The lowest BCUT2D eigenvalue weighted by Crippen LogP contribution is -2.45. The van der Waals surface area contributed by atoms with Crippen molar-refractivity contribution in [1.82, 2.24) is 9.80 Å². The molecule has 8 heteroatoms. The number of carbonyl (C=O) groups is 3. The van der Waals surface area contributed by atoms with E-state index in [2.05, 4.69) is 4.90 Å². The molecule has 2 aromatic rings. The van der Waals surface area contributed by atoms with Crippen LogP contribution in [0.25, 0.3) is 0 Å². The van der Waals surface area contributed by atoms with Gasteiger partial charge in [-0.05, 0) is 36.6 Å². The highest BCUT2D eigenvalue weighted by atomic mass is 16.5. The molecule has 2 aliphatic rings. The maximum absolute atomic E-state index is 13.5. The van der Waals surface area contributed by atoms with Crippen molar-refractivity contribution < 1.29 is 33.5 Å². The summed E-state index contributed by atoms with van der Waals surface area (Å²) in [6.07, 6.45) is -7.21. The van der Waals surface area contributed by atoms with Gasteiger partial charge in [0, 0.05) is 42.6 Å². The van der Waals surface area contributed by atoms with E-state index in [9.17, 15) is 14.4 Å². The van der Waals surface area contributed by atoms with E-state index >= 15 is 0 Å². The molecule has 2 aliphatic heterocycles. The number of morpholine rings is 1. The van der Waals surface area contributed by atoms with Crippen LogP contribution in [-0.4, -0.2) is 59.7 Å². The number of fused-ring (bicyclic) bond motifs is 1. The van der Waals surface area contributed by atoms with Gasteiger partial charge in [-0.25, -0.2) is 0 Å². The molecule has 2 heterocycles. The van der Waals surface area contributed by atoms with Crippen molar-refractivity contribution in [1.29, 1.82) is 0 Å². The normalized spacial score (nSPS) is 23.1. The second-order valence-electron chi connectivity index (χ2n) is 7.94. The van der Waals surface area contributed by atoms with Crippen LogP contribution in [0.3, 0.4) is 0 Å². The summed E-state index contributed by atoms with van der Waals surface area (Å²) in [4.78, 5) is 40.2. The van der Waals surface area contributed by atoms with E-state index in [1.165, 1.54) is 18.2 Å². The predicted molar refractivity (Wildman–Crippen MR) is 126 cm³/mol. The lowest BCUT2D eigenvalue weighted by Gasteiger charge is -2.26. The molecule has 8 nitrogen and oxygen atoms in total. The number of benzene rings is 2. The quantitative estimate of drug-likeness (QED) is 0.569. The van der Waals surface area contributed by atoms with Gasteiger partial charge in [0.1, 0.15) is 24.2 Å². The van der Waals surface area contributed by atoms with Crippen LogP contribution >= 0.6 is 0 Å². The maximum atomic E-state index is 13.5. The van der Waals surface area contributed by atoms with Gasteiger partial charge >= 0.3 is 0 Å². The van der Waals surface area contributed by atoms with Crippen LogP contribution in [0, 0.1) is 0 Å². The second-order valence-corrected chi connectivity index (χ2v) is 7.94. The minimum Gasteiger partial charge on any atom is -0.489 e. The van der Waals surface area contributed by atoms with Gasteiger partial charge in [-0.1, -0.05) is 30.3 Å². The Kier molecular flexibility index (Phi) is 5.21. The lowest BCUT2D eigenvalue weighted by atomic mass is 10.1. The molecule has 0 aliphatic carbocycles. The molecule has 180 valence electrons. The first-order valence-corrected chi connectivity index (χ1v) is 10.9. The Balaban J connectivity index is 1.62. The average molecular weight is 473 g/mol. The van der Waals surface area contributed by atoms with Crippen molar-refractivity contribution in [3.8, 4) is 5.75 Å². The highest BCUT2D eigenvalue weighted by Gasteiger charge is 2.37. The summed E-state index contributed by atoms with van der Waals surface area (Å²) in [7, 11) is 0. The van der Waals surface area contributed by atoms with Gasteiger partial charge < -0.3 is 24.9 Å². The molecule has 1 atom stereocenters. The molecule has 0 bridgehead atoms. The summed E-state index contributed by atoms with van der Waals surface area (Å²) < 4.78 is 70.0. The first kappa shape index (κ1) is 16.4. The number of Topliss-reactive ketones (excluding diaryl/α,β-unsaturated/α-hetero) is 1. The predicted octanol–water partition coefficient (Wildman–Crippen LogP) is 2.28. The van der Waals surface area contributed by atoms with Gasteiger partial charge in [-0.15, -0.1) is 0 Å². The third-order valence-electron chi connectivity index (χ3n) is 5.42. The highest BCUT2D eigenvalue weighted by Crippen LogP contribution is 2.33. The van der Waals surface area contributed by atoms with Crippen LogP contribution in [0.15, 0.2) is 42.5 Å². The zero-order valence-corrected chi connectivity index (χ0v) is 18.8. The average Bonchev–Trinajstić information content (AvgIpc) is 3.13. The second kappa shape index (κ2) is 10.8. The number of hydrogen-bond donors (Lipinski definition) is 1. The summed E-state index contributed by atoms with van der Waals surface area (Å²) in [6, 6.07) is 7.95. The van der Waals surface area contributed by atoms with Gasteiger partial charge in [0.05, 0.1) is 23.8 Å². The van der Waals surface area contributed by atoms with Crippen molar-refractivity contribution in [3.05, 3.63) is 64.7 Å². The summed E-state index contributed by atoms with van der Waals surface area (Å²) in [5, 5.41) is 0. The first-order valence-electron chi connectivity index (χ1n) is 14.4. The van der Waals surface area contributed by atoms with Crippen molar-refractivity contribution in [2.75, 3.05) is 26.3 Å². The smallest absolute Gasteiger partial charge is 0.255 e. The lowest BCUT2D eigenvalue weighted by molar-refractivity contribution is -0.123. The largest absolute Gasteiger partial charge is 0.489 e. The molecule has 4 rings (SSSR count). The Morgan fingerprint density at radius 1 is 1.21 bits per heavy atom. The number of hydrogen-bond acceptors (Lipinski definition) is 6. The standard InChI is InChI=1S/C26H31N3O5/c1-18(30)5-10-23(25(27)31)29-16-22-21(26(29)32)3-2-4-24(22)34-17-20-8-6-19(7-9-20)15-28-11-13-33-14-12-28/h2-4,6-9,23H,5,10-17H2,1H3,(H2,27,31)/t23-/m0/s1/i5D2,10D2,16D2,23D. The fraction of sp³-hybridized carbons (Fsp3) is 0.423. The molecule has 34 heavy (non-hydrogen) atoms. The van der Waals surface area contributed by atoms with Crippen molar-refractivity contribution >= 4 is 17.6 Å². The third kappa shape index (κ3) is 5.63. The molecule has 0 saturated carbocycles. The monoisotopic (exact) mass is 472 g/mol. The first-order chi connectivity index (χ1) is 19.1. The molecule has 2 amide bonds. The van der Waals surface area contributed by atoms with Crippen molar-refractivity contribution in [3.63, 3.8) is 0 Å². The van der Waals surface area contributed by atoms with E-state index in [1.54, 1.807) is 0 Å². The van der Waals surface area contributed by atoms with Crippen LogP contribution in [0.1, 0.15) is 56.3 Å². The van der Waals surface area contributed by atoms with Crippen molar-refractivity contribution in [2.24, 2.45) is 5.73 Å². The molecule has 2 N–H and O–H groups in total. The number of carbonyl (C=O) groups excluding carboxylic acids is 3. The van der Waals surface area contributed by atoms with Gasteiger partial charge in [0.25, 0.3) is 5.91 Å². The summed E-state index contributed by atoms with van der Waals surface area (Å²) >= 11 is 0. The molecule has 1 saturated heterocycles.